The number of aromatic nitrogens is 2. The number of anilines is 1. The number of benzene rings is 1. The molecule has 3 unspecified atom stereocenters. The third kappa shape index (κ3) is 3.00. The van der Waals surface area contributed by atoms with Crippen LogP contribution in [-0.2, 0) is 6.61 Å². The van der Waals surface area contributed by atoms with Gasteiger partial charge in [-0.3, -0.25) is 4.98 Å². The summed E-state index contributed by atoms with van der Waals surface area (Å²) in [6.07, 6.45) is 2.17. The molecule has 0 saturated heterocycles. The maximum absolute atomic E-state index is 13.6. The third-order valence-corrected chi connectivity index (χ3v) is 6.90. The van der Waals surface area contributed by atoms with Gasteiger partial charge in [-0.15, -0.1) is 11.3 Å². The molecule has 2 N–H and O–H groups in total. The van der Waals surface area contributed by atoms with E-state index in [2.05, 4.69) is 21.4 Å². The van der Waals surface area contributed by atoms with Crippen LogP contribution in [0.3, 0.4) is 0 Å². The summed E-state index contributed by atoms with van der Waals surface area (Å²) in [4.78, 5) is 9.60. The highest BCUT2D eigenvalue weighted by atomic mass is 32.1. The number of likely N-dealkylation sites (N-methyl/N-ethyl adjacent to an activating group) is 1. The number of allylic oxidation sites excluding steroid dienone is 1. The van der Waals surface area contributed by atoms with Crippen LogP contribution >= 0.6 is 11.3 Å². The Kier molecular flexibility index (Phi) is 4.76. The number of nitriles is 1. The Labute approximate surface area is 189 Å². The molecule has 2 aromatic heterocycles. The van der Waals surface area contributed by atoms with Gasteiger partial charge in [-0.1, -0.05) is 6.07 Å². The Hall–Kier alpha value is -3.29. The van der Waals surface area contributed by atoms with Gasteiger partial charge in [0.2, 0.25) is 12.1 Å². The Balaban J connectivity index is 1.73. The van der Waals surface area contributed by atoms with E-state index in [0.717, 1.165) is 33.0 Å². The van der Waals surface area contributed by atoms with Gasteiger partial charge >= 0.3 is 0 Å². The first-order chi connectivity index (χ1) is 15.3. The molecule has 2 aliphatic rings. The molecule has 162 valence electrons. The number of nitrogens with zero attached hydrogens (tertiary/aromatic N) is 4. The lowest BCUT2D eigenvalue weighted by Crippen LogP contribution is -2.54. The van der Waals surface area contributed by atoms with Crippen molar-refractivity contribution in [3.05, 3.63) is 79.7 Å². The van der Waals surface area contributed by atoms with Gasteiger partial charge in [-0.25, -0.2) is 4.98 Å². The molecule has 8 nitrogen and oxygen atoms in total. The van der Waals surface area contributed by atoms with E-state index in [4.69, 9.17) is 4.74 Å². The highest BCUT2D eigenvalue weighted by Crippen LogP contribution is 2.54. The van der Waals surface area contributed by atoms with E-state index < -0.39 is 16.8 Å². The number of fused-ring (bicyclic) bond motifs is 5. The van der Waals surface area contributed by atoms with E-state index >= 15 is 0 Å². The van der Waals surface area contributed by atoms with E-state index in [1.54, 1.807) is 36.1 Å². The Morgan fingerprint density at radius 2 is 2.16 bits per heavy atom. The minimum atomic E-state index is -1.34. The lowest BCUT2D eigenvalue weighted by Gasteiger charge is -2.51. The summed E-state index contributed by atoms with van der Waals surface area (Å²) in [6, 6.07) is 7.16. The largest absolute Gasteiger partial charge is 0.625 e. The fourth-order valence-electron chi connectivity index (χ4n) is 4.55. The van der Waals surface area contributed by atoms with Gasteiger partial charge in [0.25, 0.3) is 0 Å². The predicted octanol–water partition coefficient (Wildman–Crippen LogP) is 3.90. The van der Waals surface area contributed by atoms with Crippen LogP contribution in [0.25, 0.3) is 0 Å². The standard InChI is InChI=1S/C23H21N5O3S/c1-12-8-26-22(31-10-15-9-25-11-32-15)20-19-16-5-4-14(7-24)6-17(16)28(3,30)23(29)18(19)13(2)27-21(12)20/h4-6,8-9,11,19,23,27,29H,10H2,1-3H3. The second-order valence-electron chi connectivity index (χ2n) is 8.18. The van der Waals surface area contributed by atoms with Crippen molar-refractivity contribution in [1.82, 2.24) is 14.6 Å². The van der Waals surface area contributed by atoms with Crippen LogP contribution in [0.4, 0.5) is 11.4 Å². The molecule has 2 aliphatic heterocycles. The Bertz CT molecular complexity index is 1290. The van der Waals surface area contributed by atoms with Crippen LogP contribution in [-0.4, -0.2) is 28.4 Å². The molecule has 0 saturated carbocycles. The molecule has 3 atom stereocenters. The van der Waals surface area contributed by atoms with Gasteiger partial charge in [0.1, 0.15) is 12.3 Å². The topological polar surface area (TPSA) is 114 Å². The van der Waals surface area contributed by atoms with Crippen molar-refractivity contribution in [1.29, 1.82) is 5.26 Å². The van der Waals surface area contributed by atoms with Gasteiger partial charge in [0.15, 0.2) is 0 Å². The maximum Gasteiger partial charge on any atom is 0.220 e. The summed E-state index contributed by atoms with van der Waals surface area (Å²) in [5.74, 6) is 0.0130. The summed E-state index contributed by atoms with van der Waals surface area (Å²) < 4.78 is 5.10. The monoisotopic (exact) mass is 447 g/mol. The molecule has 1 aromatic carbocycles. The van der Waals surface area contributed by atoms with Crippen molar-refractivity contribution in [2.75, 3.05) is 12.4 Å². The zero-order valence-electron chi connectivity index (χ0n) is 17.8. The van der Waals surface area contributed by atoms with E-state index in [9.17, 15) is 15.6 Å². The molecule has 0 amide bonds. The number of rotatable bonds is 3. The maximum atomic E-state index is 13.6. The number of quaternary nitrogens is 1. The predicted molar refractivity (Wildman–Crippen MR) is 122 cm³/mol. The highest BCUT2D eigenvalue weighted by molar-refractivity contribution is 7.09. The average molecular weight is 448 g/mol. The van der Waals surface area contributed by atoms with Crippen molar-refractivity contribution in [2.24, 2.45) is 0 Å². The number of hydrogen-bond acceptors (Lipinski definition) is 8. The Morgan fingerprint density at radius 3 is 2.88 bits per heavy atom. The number of pyridine rings is 1. The van der Waals surface area contributed by atoms with Crippen LogP contribution in [0.2, 0.25) is 0 Å². The van der Waals surface area contributed by atoms with E-state index in [-0.39, 0.29) is 0 Å². The summed E-state index contributed by atoms with van der Waals surface area (Å²) in [7, 11) is 1.41. The van der Waals surface area contributed by atoms with Crippen LogP contribution in [0.5, 0.6) is 5.88 Å². The first kappa shape index (κ1) is 20.6. The van der Waals surface area contributed by atoms with Gasteiger partial charge in [-0.2, -0.15) is 5.26 Å². The third-order valence-electron chi connectivity index (χ3n) is 6.14. The number of nitrogens with one attached hydrogen (secondary N) is 1. The van der Waals surface area contributed by atoms with Crippen molar-refractivity contribution in [3.8, 4) is 11.9 Å². The molecular weight excluding hydrogens is 426 g/mol. The van der Waals surface area contributed by atoms with Crippen LogP contribution in [0.1, 0.15) is 40.0 Å². The smallest absolute Gasteiger partial charge is 0.220 e. The number of ether oxygens (including phenoxy) is 1. The molecule has 0 radical (unpaired) electrons. The summed E-state index contributed by atoms with van der Waals surface area (Å²) >= 11 is 1.50. The number of aliphatic hydroxyl groups excluding tert-OH is 1. The number of aliphatic hydroxyl groups is 1. The number of hydroxylamine groups is 2. The van der Waals surface area contributed by atoms with Gasteiger partial charge in [0.05, 0.1) is 46.2 Å². The van der Waals surface area contributed by atoms with Gasteiger partial charge < -0.3 is 25.0 Å². The molecule has 0 aliphatic carbocycles. The first-order valence-corrected chi connectivity index (χ1v) is 11.0. The minimum Gasteiger partial charge on any atom is -0.625 e. The number of aryl methyl sites for hydroxylation is 1. The molecule has 4 heterocycles. The molecule has 0 spiro atoms. The van der Waals surface area contributed by atoms with Crippen LogP contribution < -0.4 is 14.7 Å². The zero-order valence-corrected chi connectivity index (χ0v) is 18.6. The normalized spacial score (nSPS) is 23.5. The number of thiazole rings is 1. The van der Waals surface area contributed by atoms with E-state index in [1.807, 2.05) is 13.8 Å². The van der Waals surface area contributed by atoms with Crippen molar-refractivity contribution >= 4 is 22.7 Å². The van der Waals surface area contributed by atoms with E-state index in [0.29, 0.717) is 29.3 Å². The summed E-state index contributed by atoms with van der Waals surface area (Å²) in [5.41, 5.74) is 7.09. The second-order valence-corrected chi connectivity index (χ2v) is 9.15. The van der Waals surface area contributed by atoms with Crippen molar-refractivity contribution < 1.29 is 9.84 Å². The lowest BCUT2D eigenvalue weighted by atomic mass is 9.76. The SMILES string of the molecule is CC1=C2C(c3ccc(C#N)cc3[N+](C)([O-])C2O)c2c(OCc3cncs3)ncc(C)c2N1. The average Bonchev–Trinajstić information content (AvgIpc) is 3.30. The Morgan fingerprint density at radius 1 is 1.34 bits per heavy atom. The second kappa shape index (κ2) is 7.39. The van der Waals surface area contributed by atoms with Gasteiger partial charge in [0, 0.05) is 35.3 Å². The minimum absolute atomic E-state index is 0.316. The van der Waals surface area contributed by atoms with Crippen molar-refractivity contribution in [3.63, 3.8) is 0 Å². The quantitative estimate of drug-likeness (QED) is 0.462. The first-order valence-electron chi connectivity index (χ1n) is 10.1. The molecular formula is C23H21N5O3S. The zero-order chi connectivity index (χ0) is 22.6. The molecule has 3 aromatic rings. The number of hydrogen-bond donors (Lipinski definition) is 2. The fraction of sp³-hybridized carbons (Fsp3) is 0.261. The molecule has 32 heavy (non-hydrogen) atoms. The summed E-state index contributed by atoms with van der Waals surface area (Å²) in [5, 5.41) is 37.5. The molecule has 0 fully saturated rings. The van der Waals surface area contributed by atoms with Crippen LogP contribution in [0.15, 0.2) is 47.4 Å². The fourth-order valence-corrected chi connectivity index (χ4v) is 5.05. The molecule has 5 rings (SSSR count). The van der Waals surface area contributed by atoms with Gasteiger partial charge in [-0.05, 0) is 25.5 Å². The molecule has 0 bridgehead atoms. The summed E-state index contributed by atoms with van der Waals surface area (Å²) in [6.45, 7) is 4.13. The lowest BCUT2D eigenvalue weighted by molar-refractivity contribution is 0.0787. The molecule has 9 heteroatoms. The highest BCUT2D eigenvalue weighted by Gasteiger charge is 2.48. The van der Waals surface area contributed by atoms with Crippen LogP contribution in [0, 0.1) is 23.5 Å². The van der Waals surface area contributed by atoms with Crippen molar-refractivity contribution in [2.45, 2.75) is 32.6 Å². The van der Waals surface area contributed by atoms with E-state index in [1.165, 1.54) is 18.4 Å².